The van der Waals surface area contributed by atoms with E-state index in [1.165, 1.54) is 49.7 Å². The second-order valence-corrected chi connectivity index (χ2v) is 7.52. The average molecular weight is 399 g/mol. The Bertz CT molecular complexity index is 723. The van der Waals surface area contributed by atoms with Crippen LogP contribution in [0.15, 0.2) is 41.9 Å². The van der Waals surface area contributed by atoms with Crippen LogP contribution in [-0.2, 0) is 17.8 Å². The minimum atomic E-state index is 0.437. The first kappa shape index (κ1) is 21.3. The molecule has 0 aliphatic heterocycles. The molecule has 1 fully saturated rings. The van der Waals surface area contributed by atoms with Crippen molar-refractivity contribution < 1.29 is 4.74 Å². The molecule has 1 aromatic carbocycles. The first-order valence-corrected chi connectivity index (χ1v) is 10.9. The Hall–Kier alpha value is -2.41. The molecular weight excluding hydrogens is 364 g/mol. The predicted octanol–water partition coefficient (Wildman–Crippen LogP) is 3.12. The van der Waals surface area contributed by atoms with Gasteiger partial charge < -0.3 is 15.4 Å². The van der Waals surface area contributed by atoms with Crippen molar-refractivity contribution in [3.05, 3.63) is 48.0 Å². The molecule has 0 saturated heterocycles. The summed E-state index contributed by atoms with van der Waals surface area (Å²) < 4.78 is 7.88. The molecule has 3 rings (SSSR count). The predicted molar refractivity (Wildman–Crippen MR) is 116 cm³/mol. The first-order valence-electron chi connectivity index (χ1n) is 10.9. The van der Waals surface area contributed by atoms with Crippen LogP contribution in [0.25, 0.3) is 0 Å². The highest BCUT2D eigenvalue weighted by Crippen LogP contribution is 2.19. The normalized spacial score (nSPS) is 15.8. The summed E-state index contributed by atoms with van der Waals surface area (Å²) in [6, 6.07) is 8.44. The molecule has 158 valence electrons. The van der Waals surface area contributed by atoms with Gasteiger partial charge in [-0.2, -0.15) is 5.10 Å². The number of nitrogens with zero attached hydrogens (tertiary/aromatic N) is 4. The molecule has 0 bridgehead atoms. The van der Waals surface area contributed by atoms with Crippen molar-refractivity contribution in [1.29, 1.82) is 0 Å². The minimum absolute atomic E-state index is 0.437. The Morgan fingerprint density at radius 1 is 1.17 bits per heavy atom. The molecule has 0 spiro atoms. The van der Waals surface area contributed by atoms with Gasteiger partial charge in [-0.1, -0.05) is 49.9 Å². The Morgan fingerprint density at radius 2 is 2.00 bits per heavy atom. The van der Waals surface area contributed by atoms with Crippen LogP contribution in [0.4, 0.5) is 0 Å². The van der Waals surface area contributed by atoms with Crippen LogP contribution in [0, 0.1) is 0 Å². The molecule has 1 heterocycles. The highest BCUT2D eigenvalue weighted by Gasteiger charge is 2.12. The lowest BCUT2D eigenvalue weighted by atomic mass is 10.1. The number of guanidine groups is 1. The maximum atomic E-state index is 6.06. The summed E-state index contributed by atoms with van der Waals surface area (Å²) in [7, 11) is 0. The second kappa shape index (κ2) is 12.2. The number of hydrogen-bond acceptors (Lipinski definition) is 4. The van der Waals surface area contributed by atoms with Crippen LogP contribution in [-0.4, -0.2) is 46.5 Å². The molecule has 7 nitrogen and oxygen atoms in total. The summed E-state index contributed by atoms with van der Waals surface area (Å²) >= 11 is 0. The van der Waals surface area contributed by atoms with E-state index >= 15 is 0 Å². The van der Waals surface area contributed by atoms with Gasteiger partial charge in [0, 0.05) is 13.1 Å². The molecule has 1 aromatic heterocycles. The Labute approximate surface area is 174 Å². The third kappa shape index (κ3) is 7.85. The topological polar surface area (TPSA) is 76.4 Å². The SMILES string of the molecule is CCNC(=NCc1cccc(Cn2cncn2)c1)NCCOC1CCCCCC1. The van der Waals surface area contributed by atoms with Crippen molar-refractivity contribution in [2.75, 3.05) is 19.7 Å². The van der Waals surface area contributed by atoms with Gasteiger partial charge in [-0.05, 0) is 30.9 Å². The molecule has 2 aromatic rings. The van der Waals surface area contributed by atoms with Gasteiger partial charge in [0.25, 0.3) is 0 Å². The Kier molecular flexibility index (Phi) is 8.97. The van der Waals surface area contributed by atoms with E-state index in [-0.39, 0.29) is 0 Å². The van der Waals surface area contributed by atoms with Crippen LogP contribution in [0.1, 0.15) is 56.6 Å². The van der Waals surface area contributed by atoms with Gasteiger partial charge in [-0.15, -0.1) is 0 Å². The fourth-order valence-corrected chi connectivity index (χ4v) is 3.64. The third-order valence-corrected chi connectivity index (χ3v) is 5.12. The lowest BCUT2D eigenvalue weighted by molar-refractivity contribution is 0.0468. The van der Waals surface area contributed by atoms with Crippen LogP contribution < -0.4 is 10.6 Å². The van der Waals surface area contributed by atoms with Gasteiger partial charge in [0.2, 0.25) is 0 Å². The molecular formula is C22H34N6O. The van der Waals surface area contributed by atoms with E-state index in [0.29, 0.717) is 19.2 Å². The molecule has 1 aliphatic rings. The largest absolute Gasteiger partial charge is 0.376 e. The standard InChI is InChI=1S/C22H34N6O/c1-2-24-22(25-12-13-29-21-10-5-3-4-6-11-21)26-15-19-8-7-9-20(14-19)16-28-18-23-17-27-28/h7-9,14,17-18,21H,2-6,10-13,15-16H2,1H3,(H2,24,25,26). The zero-order valence-corrected chi connectivity index (χ0v) is 17.5. The first-order chi connectivity index (χ1) is 14.3. The van der Waals surface area contributed by atoms with E-state index in [0.717, 1.165) is 25.7 Å². The van der Waals surface area contributed by atoms with E-state index in [1.54, 1.807) is 12.7 Å². The van der Waals surface area contributed by atoms with Crippen LogP contribution in [0.2, 0.25) is 0 Å². The van der Waals surface area contributed by atoms with Crippen molar-refractivity contribution >= 4 is 5.96 Å². The number of nitrogens with one attached hydrogen (secondary N) is 2. The zero-order chi connectivity index (χ0) is 20.2. The van der Waals surface area contributed by atoms with Crippen LogP contribution >= 0.6 is 0 Å². The number of hydrogen-bond donors (Lipinski definition) is 2. The lowest BCUT2D eigenvalue weighted by Crippen LogP contribution is -2.39. The van der Waals surface area contributed by atoms with Crippen molar-refractivity contribution in [3.8, 4) is 0 Å². The summed E-state index contributed by atoms with van der Waals surface area (Å²) in [5, 5.41) is 10.9. The molecule has 2 N–H and O–H groups in total. The summed E-state index contributed by atoms with van der Waals surface area (Å²) in [5.74, 6) is 0.832. The minimum Gasteiger partial charge on any atom is -0.376 e. The zero-order valence-electron chi connectivity index (χ0n) is 17.5. The lowest BCUT2D eigenvalue weighted by Gasteiger charge is -2.16. The quantitative estimate of drug-likeness (QED) is 0.294. The second-order valence-electron chi connectivity index (χ2n) is 7.52. The number of rotatable bonds is 9. The van der Waals surface area contributed by atoms with Crippen molar-refractivity contribution in [1.82, 2.24) is 25.4 Å². The highest BCUT2D eigenvalue weighted by molar-refractivity contribution is 5.79. The molecule has 0 radical (unpaired) electrons. The van der Waals surface area contributed by atoms with Crippen LogP contribution in [0.5, 0.6) is 0 Å². The molecule has 1 aliphatic carbocycles. The summed E-state index contributed by atoms with van der Waals surface area (Å²) in [4.78, 5) is 8.72. The monoisotopic (exact) mass is 398 g/mol. The van der Waals surface area contributed by atoms with E-state index in [9.17, 15) is 0 Å². The Balaban J connectivity index is 1.45. The van der Waals surface area contributed by atoms with E-state index in [1.807, 2.05) is 4.68 Å². The molecule has 1 saturated carbocycles. The maximum Gasteiger partial charge on any atom is 0.191 e. The number of aliphatic imine (C=N–C) groups is 1. The number of benzene rings is 1. The van der Waals surface area contributed by atoms with Gasteiger partial charge in [-0.3, -0.25) is 0 Å². The molecule has 7 heteroatoms. The fourth-order valence-electron chi connectivity index (χ4n) is 3.64. The third-order valence-electron chi connectivity index (χ3n) is 5.12. The van der Waals surface area contributed by atoms with E-state index in [2.05, 4.69) is 51.9 Å². The van der Waals surface area contributed by atoms with Gasteiger partial charge >= 0.3 is 0 Å². The summed E-state index contributed by atoms with van der Waals surface area (Å²) in [6.07, 6.45) is 11.5. The average Bonchev–Trinajstić information content (AvgIpc) is 3.10. The Morgan fingerprint density at radius 3 is 2.76 bits per heavy atom. The molecule has 29 heavy (non-hydrogen) atoms. The fraction of sp³-hybridized carbons (Fsp3) is 0.591. The van der Waals surface area contributed by atoms with Gasteiger partial charge in [-0.25, -0.2) is 14.7 Å². The number of ether oxygens (including phenoxy) is 1. The van der Waals surface area contributed by atoms with E-state index < -0.39 is 0 Å². The van der Waals surface area contributed by atoms with Crippen molar-refractivity contribution in [3.63, 3.8) is 0 Å². The van der Waals surface area contributed by atoms with E-state index in [4.69, 9.17) is 9.73 Å². The van der Waals surface area contributed by atoms with Crippen LogP contribution in [0.3, 0.4) is 0 Å². The number of aromatic nitrogens is 3. The summed E-state index contributed by atoms with van der Waals surface area (Å²) in [6.45, 7) is 5.76. The maximum absolute atomic E-state index is 6.06. The molecule has 0 atom stereocenters. The highest BCUT2D eigenvalue weighted by atomic mass is 16.5. The summed E-state index contributed by atoms with van der Waals surface area (Å²) in [5.41, 5.74) is 2.37. The van der Waals surface area contributed by atoms with Gasteiger partial charge in [0.15, 0.2) is 5.96 Å². The smallest absolute Gasteiger partial charge is 0.191 e. The van der Waals surface area contributed by atoms with Gasteiger partial charge in [0.1, 0.15) is 12.7 Å². The van der Waals surface area contributed by atoms with Crippen molar-refractivity contribution in [2.45, 2.75) is 64.6 Å². The van der Waals surface area contributed by atoms with Gasteiger partial charge in [0.05, 0.1) is 25.8 Å². The molecule has 0 unspecified atom stereocenters. The molecule has 0 amide bonds. The van der Waals surface area contributed by atoms with Crippen molar-refractivity contribution in [2.24, 2.45) is 4.99 Å².